The van der Waals surface area contributed by atoms with E-state index in [-0.39, 0.29) is 21.9 Å². The van der Waals surface area contributed by atoms with Gasteiger partial charge in [0.1, 0.15) is 11.8 Å². The molecular weight excluding hydrogens is 206 g/mol. The van der Waals surface area contributed by atoms with Crippen LogP contribution >= 0.6 is 11.6 Å². The van der Waals surface area contributed by atoms with E-state index < -0.39 is 5.97 Å². The molecule has 1 rings (SSSR count). The number of hydrogen-bond donors (Lipinski definition) is 1. The Bertz CT molecular complexity index is 423. The summed E-state index contributed by atoms with van der Waals surface area (Å²) in [4.78, 5) is 11.1. The molecule has 0 unspecified atom stereocenters. The number of methoxy groups -OCH3 is 1. The van der Waals surface area contributed by atoms with Gasteiger partial charge in [-0.05, 0) is 6.07 Å². The minimum atomic E-state index is -0.663. The standard InChI is InChI=1S/C9H6ClNO3/c1-14-9(13)6-3-7(10)8(12)2-5(6)4-11/h2-3,12H,1H3. The molecule has 14 heavy (non-hydrogen) atoms. The second-order valence-electron chi connectivity index (χ2n) is 2.45. The Morgan fingerprint density at radius 1 is 1.64 bits per heavy atom. The van der Waals surface area contributed by atoms with E-state index in [0.29, 0.717) is 0 Å². The second kappa shape index (κ2) is 3.99. The SMILES string of the molecule is COC(=O)c1cc(Cl)c(O)cc1C#N. The molecule has 5 heteroatoms. The summed E-state index contributed by atoms with van der Waals surface area (Å²) in [6, 6.07) is 4.07. The molecule has 0 atom stereocenters. The summed E-state index contributed by atoms with van der Waals surface area (Å²) in [5.41, 5.74) is 0.0663. The number of esters is 1. The first-order valence-electron chi connectivity index (χ1n) is 3.61. The van der Waals surface area contributed by atoms with Gasteiger partial charge in [0.2, 0.25) is 0 Å². The average molecular weight is 212 g/mol. The Morgan fingerprint density at radius 2 is 2.29 bits per heavy atom. The van der Waals surface area contributed by atoms with E-state index in [9.17, 15) is 9.90 Å². The van der Waals surface area contributed by atoms with Gasteiger partial charge in [-0.15, -0.1) is 0 Å². The maximum absolute atomic E-state index is 11.1. The molecule has 0 amide bonds. The van der Waals surface area contributed by atoms with Crippen molar-refractivity contribution in [3.63, 3.8) is 0 Å². The molecule has 0 radical (unpaired) electrons. The topological polar surface area (TPSA) is 70.3 Å². The van der Waals surface area contributed by atoms with Crippen LogP contribution in [0.15, 0.2) is 12.1 Å². The van der Waals surface area contributed by atoms with Crippen LogP contribution in [-0.2, 0) is 4.74 Å². The summed E-state index contributed by atoms with van der Waals surface area (Å²) in [5, 5.41) is 17.8. The van der Waals surface area contributed by atoms with Gasteiger partial charge >= 0.3 is 5.97 Å². The lowest BCUT2D eigenvalue weighted by Crippen LogP contribution is -2.03. The number of nitrogens with zero attached hydrogens (tertiary/aromatic N) is 1. The zero-order valence-electron chi connectivity index (χ0n) is 7.24. The normalized spacial score (nSPS) is 9.21. The van der Waals surface area contributed by atoms with Crippen LogP contribution in [0.1, 0.15) is 15.9 Å². The molecule has 4 nitrogen and oxygen atoms in total. The summed E-state index contributed by atoms with van der Waals surface area (Å²) in [6.45, 7) is 0. The van der Waals surface area contributed by atoms with Crippen LogP contribution in [0.25, 0.3) is 0 Å². The van der Waals surface area contributed by atoms with Gasteiger partial charge in [-0.3, -0.25) is 0 Å². The fourth-order valence-electron chi connectivity index (χ4n) is 0.933. The summed E-state index contributed by atoms with van der Waals surface area (Å²) >= 11 is 5.58. The van der Waals surface area contributed by atoms with Gasteiger partial charge in [0.15, 0.2) is 0 Å². The smallest absolute Gasteiger partial charge is 0.339 e. The van der Waals surface area contributed by atoms with Crippen LogP contribution in [0.3, 0.4) is 0 Å². The van der Waals surface area contributed by atoms with E-state index in [1.165, 1.54) is 13.2 Å². The van der Waals surface area contributed by atoms with Crippen LogP contribution in [0.5, 0.6) is 5.75 Å². The summed E-state index contributed by atoms with van der Waals surface area (Å²) in [5.74, 6) is -0.903. The molecule has 1 aromatic carbocycles. The monoisotopic (exact) mass is 211 g/mol. The van der Waals surface area contributed by atoms with Crippen molar-refractivity contribution in [1.82, 2.24) is 0 Å². The average Bonchev–Trinajstić information content (AvgIpc) is 2.20. The number of carbonyl (C=O) groups excluding carboxylic acids is 1. The fraction of sp³-hybridized carbons (Fsp3) is 0.111. The minimum absolute atomic E-state index is 0.00407. The lowest BCUT2D eigenvalue weighted by molar-refractivity contribution is 0.0600. The highest BCUT2D eigenvalue weighted by atomic mass is 35.5. The minimum Gasteiger partial charge on any atom is -0.506 e. The van der Waals surface area contributed by atoms with Crippen LogP contribution in [0.4, 0.5) is 0 Å². The van der Waals surface area contributed by atoms with Gasteiger partial charge in [-0.1, -0.05) is 11.6 Å². The Balaban J connectivity index is 3.36. The molecule has 0 saturated carbocycles. The predicted molar refractivity (Wildman–Crippen MR) is 49.2 cm³/mol. The number of nitriles is 1. The van der Waals surface area contributed by atoms with Crippen molar-refractivity contribution in [1.29, 1.82) is 5.26 Å². The number of halogens is 1. The van der Waals surface area contributed by atoms with Crippen molar-refractivity contribution in [3.8, 4) is 11.8 Å². The molecule has 1 aromatic rings. The third-order valence-corrected chi connectivity index (χ3v) is 1.92. The molecule has 72 valence electrons. The summed E-state index contributed by atoms with van der Waals surface area (Å²) in [7, 11) is 1.20. The fourth-order valence-corrected chi connectivity index (χ4v) is 1.10. The summed E-state index contributed by atoms with van der Waals surface area (Å²) < 4.78 is 4.44. The number of phenolic OH excluding ortho intramolecular Hbond substituents is 1. The van der Waals surface area contributed by atoms with Crippen molar-refractivity contribution in [2.75, 3.05) is 7.11 Å². The third-order valence-electron chi connectivity index (χ3n) is 1.61. The number of aromatic hydroxyl groups is 1. The lowest BCUT2D eigenvalue weighted by Gasteiger charge is -2.03. The maximum atomic E-state index is 11.1. The van der Waals surface area contributed by atoms with Crippen molar-refractivity contribution >= 4 is 17.6 Å². The number of ether oxygens (including phenoxy) is 1. The highest BCUT2D eigenvalue weighted by Crippen LogP contribution is 2.27. The van der Waals surface area contributed by atoms with Gasteiger partial charge in [0, 0.05) is 6.07 Å². The number of hydrogen-bond acceptors (Lipinski definition) is 4. The molecule has 0 aromatic heterocycles. The summed E-state index contributed by atoms with van der Waals surface area (Å²) in [6.07, 6.45) is 0. The molecule has 0 aliphatic heterocycles. The molecule has 0 saturated heterocycles. The van der Waals surface area contributed by atoms with Gasteiger partial charge in [-0.25, -0.2) is 4.79 Å². The Hall–Kier alpha value is -1.73. The molecule has 0 aliphatic carbocycles. The van der Waals surface area contributed by atoms with Gasteiger partial charge < -0.3 is 9.84 Å². The number of rotatable bonds is 1. The zero-order chi connectivity index (χ0) is 10.7. The van der Waals surface area contributed by atoms with Crippen LogP contribution in [0, 0.1) is 11.3 Å². The number of benzene rings is 1. The first-order chi connectivity index (χ1) is 6.60. The van der Waals surface area contributed by atoms with E-state index in [4.69, 9.17) is 16.9 Å². The number of phenols is 1. The maximum Gasteiger partial charge on any atom is 0.339 e. The number of carbonyl (C=O) groups is 1. The molecule has 0 heterocycles. The molecule has 0 bridgehead atoms. The van der Waals surface area contributed by atoms with Crippen molar-refractivity contribution in [3.05, 3.63) is 28.3 Å². The lowest BCUT2D eigenvalue weighted by atomic mass is 10.1. The van der Waals surface area contributed by atoms with Crippen LogP contribution < -0.4 is 0 Å². The second-order valence-corrected chi connectivity index (χ2v) is 2.86. The van der Waals surface area contributed by atoms with E-state index in [0.717, 1.165) is 6.07 Å². The highest BCUT2D eigenvalue weighted by molar-refractivity contribution is 6.32. The quantitative estimate of drug-likeness (QED) is 0.718. The molecule has 0 spiro atoms. The molecule has 0 fully saturated rings. The van der Waals surface area contributed by atoms with E-state index in [1.54, 1.807) is 6.07 Å². The first kappa shape index (κ1) is 10.4. The van der Waals surface area contributed by atoms with Gasteiger partial charge in [0.05, 0.1) is 23.3 Å². The third kappa shape index (κ3) is 1.78. The molecule has 1 N–H and O–H groups in total. The largest absolute Gasteiger partial charge is 0.506 e. The Morgan fingerprint density at radius 3 is 2.79 bits per heavy atom. The zero-order valence-corrected chi connectivity index (χ0v) is 8.00. The van der Waals surface area contributed by atoms with E-state index >= 15 is 0 Å². The Kier molecular flexibility index (Phi) is 2.95. The first-order valence-corrected chi connectivity index (χ1v) is 3.99. The molecule has 0 aliphatic rings. The van der Waals surface area contributed by atoms with E-state index in [1.807, 2.05) is 0 Å². The van der Waals surface area contributed by atoms with Crippen molar-refractivity contribution in [2.24, 2.45) is 0 Å². The highest BCUT2D eigenvalue weighted by Gasteiger charge is 2.14. The van der Waals surface area contributed by atoms with Crippen LogP contribution in [0.2, 0.25) is 5.02 Å². The van der Waals surface area contributed by atoms with Crippen LogP contribution in [-0.4, -0.2) is 18.2 Å². The molecular formula is C9H6ClNO3. The van der Waals surface area contributed by atoms with Crippen molar-refractivity contribution < 1.29 is 14.6 Å². The Labute approximate surface area is 85.3 Å². The van der Waals surface area contributed by atoms with Gasteiger partial charge in [-0.2, -0.15) is 5.26 Å². The van der Waals surface area contributed by atoms with Crippen molar-refractivity contribution in [2.45, 2.75) is 0 Å². The van der Waals surface area contributed by atoms with Gasteiger partial charge in [0.25, 0.3) is 0 Å². The predicted octanol–water partition coefficient (Wildman–Crippen LogP) is 1.70. The van der Waals surface area contributed by atoms with E-state index in [2.05, 4.69) is 4.74 Å².